The second kappa shape index (κ2) is 8.79. The molecule has 0 saturated carbocycles. The summed E-state index contributed by atoms with van der Waals surface area (Å²) in [7, 11) is 1.53. The first-order valence-electron chi connectivity index (χ1n) is 10.1. The van der Waals surface area contributed by atoms with Crippen molar-refractivity contribution in [1.29, 1.82) is 0 Å². The topological polar surface area (TPSA) is 83.6 Å². The van der Waals surface area contributed by atoms with Crippen LogP contribution >= 0.6 is 0 Å². The molecule has 8 heteroatoms. The van der Waals surface area contributed by atoms with E-state index in [1.165, 1.54) is 19.2 Å². The molecule has 158 valence electrons. The first kappa shape index (κ1) is 20.3. The van der Waals surface area contributed by atoms with Crippen molar-refractivity contribution in [2.45, 2.75) is 31.8 Å². The highest BCUT2D eigenvalue weighted by atomic mass is 19.1. The molecule has 3 aliphatic heterocycles. The molecule has 5 rings (SSSR count). The van der Waals surface area contributed by atoms with E-state index in [1.807, 2.05) is 0 Å². The van der Waals surface area contributed by atoms with Crippen molar-refractivity contribution in [2.75, 3.05) is 25.5 Å². The average Bonchev–Trinajstić information content (AvgIpc) is 2.78. The third-order valence-electron chi connectivity index (χ3n) is 5.84. The number of halogens is 1. The highest BCUT2D eigenvalue weighted by Gasteiger charge is 2.37. The Kier molecular flexibility index (Phi) is 5.94. The Balaban J connectivity index is 1.39. The Bertz CT molecular complexity index is 926. The summed E-state index contributed by atoms with van der Waals surface area (Å²) in [4.78, 5) is 31.5. The maximum atomic E-state index is 14.1. The number of anilines is 1. The third kappa shape index (κ3) is 4.59. The van der Waals surface area contributed by atoms with E-state index in [-0.39, 0.29) is 24.1 Å². The van der Waals surface area contributed by atoms with Crippen molar-refractivity contribution in [2.24, 2.45) is 5.92 Å². The molecule has 3 fully saturated rings. The van der Waals surface area contributed by atoms with E-state index in [1.54, 1.807) is 18.3 Å². The van der Waals surface area contributed by atoms with Crippen molar-refractivity contribution >= 4 is 17.5 Å². The van der Waals surface area contributed by atoms with Crippen LogP contribution in [0.2, 0.25) is 0 Å². The van der Waals surface area contributed by atoms with Gasteiger partial charge >= 0.3 is 0 Å². The summed E-state index contributed by atoms with van der Waals surface area (Å²) < 4.78 is 19.1. The quantitative estimate of drug-likeness (QED) is 0.762. The Labute approximate surface area is 174 Å². The van der Waals surface area contributed by atoms with Crippen LogP contribution in [0.5, 0.6) is 5.88 Å². The number of amides is 2. The molecule has 0 radical (unpaired) electrons. The van der Waals surface area contributed by atoms with E-state index in [9.17, 15) is 14.0 Å². The molecule has 2 bridgehead atoms. The van der Waals surface area contributed by atoms with E-state index in [2.05, 4.69) is 20.5 Å². The van der Waals surface area contributed by atoms with Crippen LogP contribution in [0.15, 0.2) is 36.5 Å². The number of carbonyl (C=O) groups excluding carboxylic acids is 2. The predicted molar refractivity (Wildman–Crippen MR) is 110 cm³/mol. The van der Waals surface area contributed by atoms with Gasteiger partial charge in [-0.15, -0.1) is 0 Å². The van der Waals surface area contributed by atoms with E-state index < -0.39 is 11.7 Å². The largest absolute Gasteiger partial charge is 0.481 e. The number of pyridine rings is 1. The van der Waals surface area contributed by atoms with Crippen molar-refractivity contribution in [1.82, 2.24) is 15.2 Å². The third-order valence-corrected chi connectivity index (χ3v) is 5.84. The van der Waals surface area contributed by atoms with Gasteiger partial charge in [-0.3, -0.25) is 14.5 Å². The van der Waals surface area contributed by atoms with Crippen molar-refractivity contribution in [3.8, 4) is 5.88 Å². The second-order valence-electron chi connectivity index (χ2n) is 7.84. The van der Waals surface area contributed by atoms with E-state index in [0.29, 0.717) is 17.5 Å². The minimum atomic E-state index is -0.575. The SMILES string of the molecule is COc1ccc(CNC(=O)c2cc(F)cc(NC(=O)C3CC4CCN3CC4)c2)cn1. The summed E-state index contributed by atoms with van der Waals surface area (Å²) in [6.07, 6.45) is 4.71. The molecule has 2 amide bonds. The summed E-state index contributed by atoms with van der Waals surface area (Å²) in [5.41, 5.74) is 1.23. The molecule has 1 aromatic carbocycles. The van der Waals surface area contributed by atoms with Crippen molar-refractivity contribution < 1.29 is 18.7 Å². The van der Waals surface area contributed by atoms with Gasteiger partial charge in [-0.1, -0.05) is 6.07 Å². The predicted octanol–water partition coefficient (Wildman–Crippen LogP) is 2.58. The highest BCUT2D eigenvalue weighted by Crippen LogP contribution is 2.32. The molecule has 2 N–H and O–H groups in total. The van der Waals surface area contributed by atoms with Crippen LogP contribution in [-0.2, 0) is 11.3 Å². The number of nitrogens with zero attached hydrogens (tertiary/aromatic N) is 2. The summed E-state index contributed by atoms with van der Waals surface area (Å²) in [5, 5.41) is 5.53. The maximum absolute atomic E-state index is 14.1. The van der Waals surface area contributed by atoms with Crippen LogP contribution in [0, 0.1) is 11.7 Å². The maximum Gasteiger partial charge on any atom is 0.251 e. The Morgan fingerprint density at radius 3 is 2.67 bits per heavy atom. The number of aromatic nitrogens is 1. The molecule has 3 saturated heterocycles. The zero-order valence-electron chi connectivity index (χ0n) is 16.9. The molecule has 4 heterocycles. The number of carbonyl (C=O) groups is 2. The van der Waals surface area contributed by atoms with Gasteiger partial charge in [0.25, 0.3) is 5.91 Å². The monoisotopic (exact) mass is 412 g/mol. The highest BCUT2D eigenvalue weighted by molar-refractivity contribution is 5.98. The van der Waals surface area contributed by atoms with Gasteiger partial charge < -0.3 is 15.4 Å². The smallest absolute Gasteiger partial charge is 0.251 e. The van der Waals surface area contributed by atoms with Gasteiger partial charge in [0.15, 0.2) is 0 Å². The molecule has 0 spiro atoms. The van der Waals surface area contributed by atoms with E-state index in [0.717, 1.165) is 44.0 Å². The zero-order valence-corrected chi connectivity index (χ0v) is 16.9. The number of ether oxygens (including phenoxy) is 1. The fourth-order valence-corrected chi connectivity index (χ4v) is 4.18. The number of fused-ring (bicyclic) bond motifs is 3. The van der Waals surface area contributed by atoms with Crippen LogP contribution in [0.25, 0.3) is 0 Å². The lowest BCUT2D eigenvalue weighted by molar-refractivity contribution is -0.125. The van der Waals surface area contributed by atoms with Gasteiger partial charge in [0.05, 0.1) is 13.2 Å². The number of methoxy groups -OCH3 is 1. The lowest BCUT2D eigenvalue weighted by atomic mass is 9.83. The molecular weight excluding hydrogens is 387 g/mol. The minimum absolute atomic E-state index is 0.138. The normalized spacial score (nSPS) is 22.4. The summed E-state index contributed by atoms with van der Waals surface area (Å²) in [6, 6.07) is 7.20. The Morgan fingerprint density at radius 2 is 2.03 bits per heavy atom. The number of rotatable bonds is 6. The molecule has 1 aromatic heterocycles. The number of piperidine rings is 3. The molecule has 7 nitrogen and oxygen atoms in total. The van der Waals surface area contributed by atoms with E-state index >= 15 is 0 Å². The van der Waals surface area contributed by atoms with Crippen LogP contribution in [0.1, 0.15) is 35.2 Å². The van der Waals surface area contributed by atoms with Gasteiger partial charge in [0.2, 0.25) is 11.8 Å². The second-order valence-corrected chi connectivity index (χ2v) is 7.84. The van der Waals surface area contributed by atoms with Crippen molar-refractivity contribution in [3.63, 3.8) is 0 Å². The van der Waals surface area contributed by atoms with Gasteiger partial charge in [-0.25, -0.2) is 9.37 Å². The summed E-state index contributed by atoms with van der Waals surface area (Å²) in [5.74, 6) is -0.0679. The van der Waals surface area contributed by atoms with Crippen LogP contribution in [0.3, 0.4) is 0 Å². The summed E-state index contributed by atoms with van der Waals surface area (Å²) in [6.45, 7) is 2.10. The van der Waals surface area contributed by atoms with E-state index in [4.69, 9.17) is 4.74 Å². The molecular formula is C22H25FN4O3. The van der Waals surface area contributed by atoms with Gasteiger partial charge in [0.1, 0.15) is 5.82 Å². The fraction of sp³-hybridized carbons (Fsp3) is 0.409. The van der Waals surface area contributed by atoms with Gasteiger partial charge in [-0.2, -0.15) is 0 Å². The minimum Gasteiger partial charge on any atom is -0.481 e. The average molecular weight is 412 g/mol. The first-order chi connectivity index (χ1) is 14.5. The lowest BCUT2D eigenvalue weighted by Crippen LogP contribution is -2.53. The molecule has 3 aliphatic rings. The Morgan fingerprint density at radius 1 is 1.23 bits per heavy atom. The Hall–Kier alpha value is -3.00. The number of hydrogen-bond acceptors (Lipinski definition) is 5. The number of hydrogen-bond donors (Lipinski definition) is 2. The van der Waals surface area contributed by atoms with Crippen LogP contribution in [0.4, 0.5) is 10.1 Å². The first-order valence-corrected chi connectivity index (χ1v) is 10.1. The van der Waals surface area contributed by atoms with Gasteiger partial charge in [0, 0.05) is 30.1 Å². The summed E-state index contributed by atoms with van der Waals surface area (Å²) >= 11 is 0. The molecule has 30 heavy (non-hydrogen) atoms. The lowest BCUT2D eigenvalue weighted by Gasteiger charge is -2.44. The number of benzene rings is 1. The molecule has 1 unspecified atom stereocenters. The zero-order chi connectivity index (χ0) is 21.1. The fourth-order valence-electron chi connectivity index (χ4n) is 4.18. The van der Waals surface area contributed by atoms with Crippen molar-refractivity contribution in [3.05, 3.63) is 53.5 Å². The number of nitrogens with one attached hydrogen (secondary N) is 2. The van der Waals surface area contributed by atoms with Gasteiger partial charge in [-0.05, 0) is 62.0 Å². The standard InChI is InChI=1S/C22H25FN4O3/c1-30-20-3-2-15(12-24-20)13-25-21(28)16-9-17(23)11-18(10-16)26-22(29)19-8-14-4-6-27(19)7-5-14/h2-3,9-12,14,19H,4-8,13H2,1H3,(H,25,28)(H,26,29). The van der Waals surface area contributed by atoms with Crippen LogP contribution in [-0.4, -0.2) is 47.9 Å². The molecule has 1 atom stereocenters. The van der Waals surface area contributed by atoms with Crippen LogP contribution < -0.4 is 15.4 Å². The molecule has 2 aromatic rings. The molecule has 0 aliphatic carbocycles.